The lowest BCUT2D eigenvalue weighted by Crippen LogP contribution is -2.05. The van der Waals surface area contributed by atoms with Crippen molar-refractivity contribution in [2.45, 2.75) is 13.8 Å². The van der Waals surface area contributed by atoms with E-state index < -0.39 is 0 Å². The van der Waals surface area contributed by atoms with Crippen LogP contribution in [-0.2, 0) is 0 Å². The minimum atomic E-state index is 0.0586. The topological polar surface area (TPSA) is 52.6 Å². The van der Waals surface area contributed by atoms with Crippen LogP contribution in [0.15, 0.2) is 97.1 Å². The van der Waals surface area contributed by atoms with Gasteiger partial charge in [0.25, 0.3) is 0 Å². The number of benzene rings is 4. The third-order valence-electron chi connectivity index (χ3n) is 5.41. The lowest BCUT2D eigenvalue weighted by atomic mass is 10.0. The second-order valence-corrected chi connectivity index (χ2v) is 7.72. The highest BCUT2D eigenvalue weighted by Gasteiger charge is 2.04. The van der Waals surface area contributed by atoms with E-state index in [1.807, 2.05) is 97.1 Å². The van der Waals surface area contributed by atoms with Gasteiger partial charge >= 0.3 is 0 Å². The van der Waals surface area contributed by atoms with Gasteiger partial charge in [0.15, 0.2) is 11.6 Å². The summed E-state index contributed by atoms with van der Waals surface area (Å²) in [6.07, 6.45) is 0. The van der Waals surface area contributed by atoms with Gasteiger partial charge in [-0.3, -0.25) is 9.59 Å². The third-order valence-corrected chi connectivity index (χ3v) is 5.41. The molecule has 0 atom stereocenters. The molecule has 0 fully saturated rings. The molecule has 0 N–H and O–H groups in total. The van der Waals surface area contributed by atoms with Crippen molar-refractivity contribution in [3.05, 3.63) is 108 Å². The zero-order valence-electron chi connectivity index (χ0n) is 18.6. The van der Waals surface area contributed by atoms with Crippen molar-refractivity contribution in [2.75, 3.05) is 6.79 Å². The molecular weight excluding hydrogens is 412 g/mol. The summed E-state index contributed by atoms with van der Waals surface area (Å²) in [7, 11) is 0. The van der Waals surface area contributed by atoms with E-state index in [2.05, 4.69) is 0 Å². The molecule has 4 heteroatoms. The van der Waals surface area contributed by atoms with E-state index >= 15 is 0 Å². The number of ketones is 2. The van der Waals surface area contributed by atoms with Gasteiger partial charge in [-0.15, -0.1) is 0 Å². The minimum Gasteiger partial charge on any atom is -0.458 e. The molecule has 0 spiro atoms. The average Bonchev–Trinajstić information content (AvgIpc) is 2.85. The highest BCUT2D eigenvalue weighted by Crippen LogP contribution is 2.25. The van der Waals surface area contributed by atoms with Crippen LogP contribution in [0.25, 0.3) is 22.3 Å². The van der Waals surface area contributed by atoms with E-state index in [1.165, 1.54) is 0 Å². The number of carbonyl (C=O) groups is 2. The van der Waals surface area contributed by atoms with Crippen LogP contribution < -0.4 is 9.47 Å². The first kappa shape index (κ1) is 22.0. The van der Waals surface area contributed by atoms with E-state index in [0.717, 1.165) is 22.3 Å². The maximum atomic E-state index is 11.4. The Balaban J connectivity index is 1.31. The van der Waals surface area contributed by atoms with Crippen LogP contribution in [0.2, 0.25) is 0 Å². The van der Waals surface area contributed by atoms with Crippen molar-refractivity contribution in [1.29, 1.82) is 0 Å². The maximum Gasteiger partial charge on any atom is 0.230 e. The third kappa shape index (κ3) is 5.55. The second kappa shape index (κ2) is 9.96. The number of carbonyl (C=O) groups excluding carboxylic acids is 2. The Morgan fingerprint density at radius 2 is 0.758 bits per heavy atom. The van der Waals surface area contributed by atoms with Crippen LogP contribution in [0.1, 0.15) is 34.6 Å². The van der Waals surface area contributed by atoms with E-state index in [1.54, 1.807) is 13.8 Å². The summed E-state index contributed by atoms with van der Waals surface area (Å²) < 4.78 is 11.4. The van der Waals surface area contributed by atoms with Crippen molar-refractivity contribution in [3.8, 4) is 33.8 Å². The largest absolute Gasteiger partial charge is 0.458 e. The van der Waals surface area contributed by atoms with E-state index in [4.69, 9.17) is 9.47 Å². The normalized spacial score (nSPS) is 10.5. The van der Waals surface area contributed by atoms with Crippen LogP contribution in [0, 0.1) is 0 Å². The predicted octanol–water partition coefficient (Wildman–Crippen LogP) is 6.84. The number of hydrogen-bond donors (Lipinski definition) is 0. The molecule has 0 aromatic heterocycles. The molecule has 4 aromatic rings. The molecular formula is C29H24O4. The summed E-state index contributed by atoms with van der Waals surface area (Å²) in [5, 5.41) is 0. The Morgan fingerprint density at radius 1 is 0.485 bits per heavy atom. The van der Waals surface area contributed by atoms with E-state index in [0.29, 0.717) is 22.6 Å². The Hall–Kier alpha value is -4.18. The van der Waals surface area contributed by atoms with Gasteiger partial charge in [-0.25, -0.2) is 0 Å². The Kier molecular flexibility index (Phi) is 6.65. The molecule has 0 aliphatic rings. The van der Waals surface area contributed by atoms with Crippen LogP contribution in [-0.4, -0.2) is 18.4 Å². The average molecular weight is 437 g/mol. The van der Waals surface area contributed by atoms with Crippen molar-refractivity contribution in [1.82, 2.24) is 0 Å². The van der Waals surface area contributed by atoms with Crippen molar-refractivity contribution < 1.29 is 19.1 Å². The molecule has 0 heterocycles. The fourth-order valence-corrected chi connectivity index (χ4v) is 3.45. The van der Waals surface area contributed by atoms with Gasteiger partial charge < -0.3 is 9.47 Å². The Morgan fingerprint density at radius 3 is 1.03 bits per heavy atom. The highest BCUT2D eigenvalue weighted by molar-refractivity contribution is 5.95. The van der Waals surface area contributed by atoms with Crippen LogP contribution in [0.4, 0.5) is 0 Å². The molecule has 4 rings (SSSR count). The molecule has 33 heavy (non-hydrogen) atoms. The van der Waals surface area contributed by atoms with Gasteiger partial charge in [-0.2, -0.15) is 0 Å². The molecule has 0 amide bonds. The van der Waals surface area contributed by atoms with Crippen LogP contribution in [0.3, 0.4) is 0 Å². The Labute approximate surface area is 193 Å². The van der Waals surface area contributed by atoms with Crippen LogP contribution >= 0.6 is 0 Å². The second-order valence-electron chi connectivity index (χ2n) is 7.72. The molecule has 0 bridgehead atoms. The molecule has 0 radical (unpaired) electrons. The van der Waals surface area contributed by atoms with Crippen molar-refractivity contribution in [3.63, 3.8) is 0 Å². The van der Waals surface area contributed by atoms with Gasteiger partial charge in [0.2, 0.25) is 6.79 Å². The van der Waals surface area contributed by atoms with Gasteiger partial charge in [0.1, 0.15) is 11.5 Å². The molecule has 164 valence electrons. The smallest absolute Gasteiger partial charge is 0.230 e. The fraction of sp³-hybridized carbons (Fsp3) is 0.103. The molecule has 4 nitrogen and oxygen atoms in total. The molecule has 0 aliphatic carbocycles. The van der Waals surface area contributed by atoms with E-state index in [9.17, 15) is 9.59 Å². The molecule has 0 unspecified atom stereocenters. The quantitative estimate of drug-likeness (QED) is 0.224. The molecule has 0 saturated carbocycles. The first-order valence-electron chi connectivity index (χ1n) is 10.7. The number of ether oxygens (including phenoxy) is 2. The monoisotopic (exact) mass is 436 g/mol. The first-order valence-corrected chi connectivity index (χ1v) is 10.7. The standard InChI is InChI=1S/C29H24O4/c1-20(30)22-3-7-24(8-4-22)26-11-15-28(16-12-26)32-19-33-29-17-13-27(14-18-29)25-9-5-23(6-10-25)21(2)31/h3-18H,19H2,1-2H3. The van der Waals surface area contributed by atoms with Gasteiger partial charge in [-0.1, -0.05) is 72.8 Å². The summed E-state index contributed by atoms with van der Waals surface area (Å²) in [5.41, 5.74) is 5.58. The number of rotatable bonds is 8. The molecule has 0 saturated heterocycles. The predicted molar refractivity (Wildman–Crippen MR) is 130 cm³/mol. The zero-order valence-corrected chi connectivity index (χ0v) is 18.6. The minimum absolute atomic E-state index is 0.0586. The van der Waals surface area contributed by atoms with E-state index in [-0.39, 0.29) is 18.4 Å². The van der Waals surface area contributed by atoms with Gasteiger partial charge in [-0.05, 0) is 60.4 Å². The fourth-order valence-electron chi connectivity index (χ4n) is 3.45. The maximum absolute atomic E-state index is 11.4. The molecule has 4 aromatic carbocycles. The lowest BCUT2D eigenvalue weighted by Gasteiger charge is -2.10. The SMILES string of the molecule is CC(=O)c1ccc(-c2ccc(OCOc3ccc(-c4ccc(C(C)=O)cc4)cc3)cc2)cc1. The van der Waals surface area contributed by atoms with Crippen LogP contribution in [0.5, 0.6) is 11.5 Å². The number of hydrogen-bond acceptors (Lipinski definition) is 4. The van der Waals surface area contributed by atoms with Crippen molar-refractivity contribution in [2.24, 2.45) is 0 Å². The van der Waals surface area contributed by atoms with Gasteiger partial charge in [0, 0.05) is 11.1 Å². The number of Topliss-reactive ketones (excluding diaryl/α,β-unsaturated/α-hetero) is 2. The highest BCUT2D eigenvalue weighted by atomic mass is 16.7. The first-order chi connectivity index (χ1) is 16.0. The summed E-state index contributed by atoms with van der Waals surface area (Å²) in [4.78, 5) is 22.8. The summed E-state index contributed by atoms with van der Waals surface area (Å²) in [5.74, 6) is 1.54. The summed E-state index contributed by atoms with van der Waals surface area (Å²) in [6, 6.07) is 30.6. The Bertz CT molecular complexity index is 1140. The zero-order chi connectivity index (χ0) is 23.2. The lowest BCUT2D eigenvalue weighted by molar-refractivity contribution is 0.100. The van der Waals surface area contributed by atoms with Gasteiger partial charge in [0.05, 0.1) is 0 Å². The molecule has 0 aliphatic heterocycles. The van der Waals surface area contributed by atoms with Crippen molar-refractivity contribution >= 4 is 11.6 Å². The summed E-state index contributed by atoms with van der Waals surface area (Å²) >= 11 is 0. The summed E-state index contributed by atoms with van der Waals surface area (Å²) in [6.45, 7) is 3.22.